The Morgan fingerprint density at radius 3 is 2.87 bits per heavy atom. The van der Waals surface area contributed by atoms with Crippen LogP contribution in [-0.2, 0) is 14.3 Å². The molecule has 0 saturated carbocycles. The molecule has 2 atom stereocenters. The summed E-state index contributed by atoms with van der Waals surface area (Å²) in [7, 11) is 0. The van der Waals surface area contributed by atoms with Crippen molar-refractivity contribution in [2.45, 2.75) is 25.8 Å². The molecule has 0 unspecified atom stereocenters. The lowest BCUT2D eigenvalue weighted by Crippen LogP contribution is -2.49. The molecule has 2 heterocycles. The summed E-state index contributed by atoms with van der Waals surface area (Å²) in [4.78, 5) is 34.1. The average Bonchev–Trinajstić information content (AvgIpc) is 3.03. The van der Waals surface area contributed by atoms with Crippen LogP contribution in [0.5, 0.6) is 0 Å². The Hall–Kier alpha value is -2.42. The number of nitrogens with one attached hydrogen (secondary N) is 1. The predicted molar refractivity (Wildman–Crippen MR) is 76.8 cm³/mol. The van der Waals surface area contributed by atoms with E-state index in [1.807, 2.05) is 0 Å². The van der Waals surface area contributed by atoms with Crippen molar-refractivity contribution >= 4 is 17.8 Å². The Labute approximate surface area is 132 Å². The molecule has 0 radical (unpaired) electrons. The topological polar surface area (TPSA) is 121 Å². The van der Waals surface area contributed by atoms with E-state index in [0.717, 1.165) is 12.5 Å². The molecular formula is C14H18N2O7. The van der Waals surface area contributed by atoms with Gasteiger partial charge in [-0.15, -0.1) is 0 Å². The first-order chi connectivity index (χ1) is 11.0. The molecule has 1 aliphatic rings. The van der Waals surface area contributed by atoms with Gasteiger partial charge in [-0.3, -0.25) is 14.9 Å². The van der Waals surface area contributed by atoms with Crippen LogP contribution < -0.4 is 5.32 Å². The van der Waals surface area contributed by atoms with E-state index in [1.54, 1.807) is 6.92 Å². The number of hydrogen-bond donors (Lipinski definition) is 1. The average molecular weight is 326 g/mol. The summed E-state index contributed by atoms with van der Waals surface area (Å²) < 4.78 is 15.2. The Morgan fingerprint density at radius 1 is 1.52 bits per heavy atom. The molecule has 1 aliphatic heterocycles. The maximum atomic E-state index is 12.2. The highest BCUT2D eigenvalue weighted by Crippen LogP contribution is 2.20. The lowest BCUT2D eigenvalue weighted by atomic mass is 9.93. The van der Waals surface area contributed by atoms with Crippen LogP contribution in [0.2, 0.25) is 0 Å². The smallest absolute Gasteiger partial charge is 0.433 e. The van der Waals surface area contributed by atoms with Gasteiger partial charge in [0.15, 0.2) is 5.76 Å². The highest BCUT2D eigenvalue weighted by atomic mass is 16.6. The second-order valence-electron chi connectivity index (χ2n) is 5.08. The first kappa shape index (κ1) is 16.9. The minimum Gasteiger partial charge on any atom is -0.464 e. The van der Waals surface area contributed by atoms with Crippen molar-refractivity contribution in [2.75, 3.05) is 19.8 Å². The van der Waals surface area contributed by atoms with Gasteiger partial charge in [0.05, 0.1) is 19.3 Å². The number of carbonyl (C=O) groups is 2. The second-order valence-corrected chi connectivity index (χ2v) is 5.08. The normalized spacial score (nSPS) is 18.9. The van der Waals surface area contributed by atoms with E-state index in [2.05, 4.69) is 5.32 Å². The van der Waals surface area contributed by atoms with E-state index in [-0.39, 0.29) is 18.3 Å². The third kappa shape index (κ3) is 4.28. The molecule has 0 bridgehead atoms. The van der Waals surface area contributed by atoms with Gasteiger partial charge in [-0.05, 0) is 25.8 Å². The van der Waals surface area contributed by atoms with Crippen LogP contribution in [0.25, 0.3) is 0 Å². The summed E-state index contributed by atoms with van der Waals surface area (Å²) in [6.45, 7) is 2.81. The third-order valence-electron chi connectivity index (χ3n) is 3.49. The largest absolute Gasteiger partial charge is 0.464 e. The van der Waals surface area contributed by atoms with Gasteiger partial charge >= 0.3 is 11.9 Å². The highest BCUT2D eigenvalue weighted by Gasteiger charge is 2.33. The van der Waals surface area contributed by atoms with E-state index in [0.29, 0.717) is 19.6 Å². The van der Waals surface area contributed by atoms with Crippen molar-refractivity contribution in [1.29, 1.82) is 0 Å². The van der Waals surface area contributed by atoms with E-state index >= 15 is 0 Å². The molecule has 126 valence electrons. The van der Waals surface area contributed by atoms with Crippen LogP contribution in [0.3, 0.4) is 0 Å². The van der Waals surface area contributed by atoms with Gasteiger partial charge in [0, 0.05) is 12.5 Å². The summed E-state index contributed by atoms with van der Waals surface area (Å²) in [5, 5.41) is 13.1. The number of hydrogen-bond acceptors (Lipinski definition) is 7. The van der Waals surface area contributed by atoms with E-state index in [4.69, 9.17) is 13.9 Å². The van der Waals surface area contributed by atoms with Gasteiger partial charge in [-0.1, -0.05) is 0 Å². The molecule has 0 spiro atoms. The fourth-order valence-corrected chi connectivity index (χ4v) is 2.39. The molecule has 23 heavy (non-hydrogen) atoms. The van der Waals surface area contributed by atoms with Gasteiger partial charge < -0.3 is 19.2 Å². The quantitative estimate of drug-likeness (QED) is 0.474. The summed E-state index contributed by atoms with van der Waals surface area (Å²) >= 11 is 0. The zero-order valence-corrected chi connectivity index (χ0v) is 12.6. The van der Waals surface area contributed by atoms with E-state index in [1.165, 1.54) is 6.07 Å². The Bertz CT molecular complexity index is 577. The van der Waals surface area contributed by atoms with Crippen molar-refractivity contribution < 1.29 is 28.4 Å². The van der Waals surface area contributed by atoms with Gasteiger partial charge in [-0.25, -0.2) is 4.79 Å². The maximum absolute atomic E-state index is 12.2. The number of nitrogens with zero attached hydrogens (tertiary/aromatic N) is 1. The number of ether oxygens (including phenoxy) is 2. The summed E-state index contributed by atoms with van der Waals surface area (Å²) in [6.07, 6.45) is 1.49. The number of furan rings is 1. The molecule has 1 saturated heterocycles. The molecule has 1 fully saturated rings. The van der Waals surface area contributed by atoms with Crippen molar-refractivity contribution in [3.8, 4) is 0 Å². The van der Waals surface area contributed by atoms with Gasteiger partial charge in [0.2, 0.25) is 0 Å². The minimum atomic E-state index is -0.882. The van der Waals surface area contributed by atoms with Crippen LogP contribution in [0.15, 0.2) is 16.5 Å². The number of carbonyl (C=O) groups excluding carboxylic acids is 2. The highest BCUT2D eigenvalue weighted by molar-refractivity contribution is 5.94. The van der Waals surface area contributed by atoms with Gasteiger partial charge in [0.25, 0.3) is 5.91 Å². The third-order valence-corrected chi connectivity index (χ3v) is 3.49. The molecule has 9 heteroatoms. The van der Waals surface area contributed by atoms with Crippen LogP contribution in [-0.4, -0.2) is 42.7 Å². The SMILES string of the molecule is CCOC(=O)[C@@H](NC(=O)c1ccc([N+](=O)[O-])o1)[C@@H]1CCCOC1. The molecule has 9 nitrogen and oxygen atoms in total. The molecule has 2 rings (SSSR count). The second kappa shape index (κ2) is 7.73. The standard InChI is InChI=1S/C14H18N2O7/c1-2-22-14(18)12(9-4-3-7-21-8-9)15-13(17)10-5-6-11(23-10)16(19)20/h5-6,9,12H,2-4,7-8H2,1H3,(H,15,17)/t9-,12+/m1/s1. The van der Waals surface area contributed by atoms with Crippen molar-refractivity contribution in [2.24, 2.45) is 5.92 Å². The number of nitro groups is 1. The molecule has 0 aliphatic carbocycles. The van der Waals surface area contributed by atoms with Crippen LogP contribution in [0.1, 0.15) is 30.3 Å². The molecule has 0 aromatic carbocycles. The first-order valence-electron chi connectivity index (χ1n) is 7.32. The van der Waals surface area contributed by atoms with Crippen molar-refractivity contribution in [3.63, 3.8) is 0 Å². The van der Waals surface area contributed by atoms with Crippen LogP contribution in [0.4, 0.5) is 5.88 Å². The Morgan fingerprint density at radius 2 is 2.30 bits per heavy atom. The number of amides is 1. The fraction of sp³-hybridized carbons (Fsp3) is 0.571. The fourth-order valence-electron chi connectivity index (χ4n) is 2.39. The Balaban J connectivity index is 2.10. The van der Waals surface area contributed by atoms with Crippen LogP contribution >= 0.6 is 0 Å². The number of esters is 1. The zero-order chi connectivity index (χ0) is 16.8. The first-order valence-corrected chi connectivity index (χ1v) is 7.32. The van der Waals surface area contributed by atoms with E-state index in [9.17, 15) is 19.7 Å². The van der Waals surface area contributed by atoms with Gasteiger partial charge in [0.1, 0.15) is 11.0 Å². The molecule has 1 aromatic rings. The molecule has 1 amide bonds. The maximum Gasteiger partial charge on any atom is 0.433 e. The van der Waals surface area contributed by atoms with Crippen LogP contribution in [0, 0.1) is 16.0 Å². The molecule has 1 N–H and O–H groups in total. The Kier molecular flexibility index (Phi) is 5.69. The number of rotatable bonds is 6. The lowest BCUT2D eigenvalue weighted by molar-refractivity contribution is -0.402. The van der Waals surface area contributed by atoms with Crippen molar-refractivity contribution in [3.05, 3.63) is 28.0 Å². The van der Waals surface area contributed by atoms with E-state index < -0.39 is 28.7 Å². The van der Waals surface area contributed by atoms with Crippen molar-refractivity contribution in [1.82, 2.24) is 5.32 Å². The summed E-state index contributed by atoms with van der Waals surface area (Å²) in [6, 6.07) is 1.39. The summed E-state index contributed by atoms with van der Waals surface area (Å²) in [5.74, 6) is -2.25. The monoisotopic (exact) mass is 326 g/mol. The zero-order valence-electron chi connectivity index (χ0n) is 12.6. The molecule has 1 aromatic heterocycles. The van der Waals surface area contributed by atoms with Gasteiger partial charge in [-0.2, -0.15) is 0 Å². The minimum absolute atomic E-state index is 0.186. The molecular weight excluding hydrogens is 308 g/mol. The summed E-state index contributed by atoms with van der Waals surface area (Å²) in [5.41, 5.74) is 0. The predicted octanol–water partition coefficient (Wildman–Crippen LogP) is 1.28. The lowest BCUT2D eigenvalue weighted by Gasteiger charge is -2.29.